The highest BCUT2D eigenvalue weighted by Gasteiger charge is 2.24. The minimum absolute atomic E-state index is 0.106. The minimum Gasteiger partial charge on any atom is -0.496 e. The summed E-state index contributed by atoms with van der Waals surface area (Å²) in [6.07, 6.45) is 1.95. The Labute approximate surface area is 166 Å². The van der Waals surface area contributed by atoms with Crippen molar-refractivity contribution in [2.45, 2.75) is 37.5 Å². The zero-order chi connectivity index (χ0) is 20.3. The normalized spacial score (nSPS) is 14.4. The van der Waals surface area contributed by atoms with Gasteiger partial charge in [-0.2, -0.15) is 0 Å². The lowest BCUT2D eigenvalue weighted by Gasteiger charge is -2.19. The van der Waals surface area contributed by atoms with E-state index in [4.69, 9.17) is 4.74 Å². The SMILES string of the molecule is COc1ccc(S(=O)(=O)Nc2ccccc2C(=O)N2CCCC2)cc1C(C)C. The summed E-state index contributed by atoms with van der Waals surface area (Å²) < 4.78 is 33.9. The second-order valence-corrected chi connectivity index (χ2v) is 8.89. The van der Waals surface area contributed by atoms with Crippen LogP contribution in [0.15, 0.2) is 47.4 Å². The van der Waals surface area contributed by atoms with Crippen LogP contribution in [0.25, 0.3) is 0 Å². The number of para-hydroxylation sites is 1. The van der Waals surface area contributed by atoms with Crippen LogP contribution in [0.1, 0.15) is 48.5 Å². The average Bonchev–Trinajstić information content (AvgIpc) is 3.21. The second kappa shape index (κ2) is 8.22. The zero-order valence-corrected chi connectivity index (χ0v) is 17.3. The summed E-state index contributed by atoms with van der Waals surface area (Å²) in [7, 11) is -2.29. The molecule has 7 heteroatoms. The molecule has 1 aliphatic heterocycles. The number of amides is 1. The van der Waals surface area contributed by atoms with Crippen LogP contribution < -0.4 is 9.46 Å². The molecule has 1 N–H and O–H groups in total. The first-order valence-electron chi connectivity index (χ1n) is 9.42. The fraction of sp³-hybridized carbons (Fsp3) is 0.381. The third-order valence-electron chi connectivity index (χ3n) is 4.93. The molecule has 3 rings (SSSR count). The number of nitrogens with one attached hydrogen (secondary N) is 1. The van der Waals surface area contributed by atoms with E-state index in [9.17, 15) is 13.2 Å². The van der Waals surface area contributed by atoms with Crippen molar-refractivity contribution in [1.82, 2.24) is 4.90 Å². The highest BCUT2D eigenvalue weighted by molar-refractivity contribution is 7.92. The third kappa shape index (κ3) is 4.14. The molecule has 0 spiro atoms. The van der Waals surface area contributed by atoms with E-state index >= 15 is 0 Å². The number of rotatable bonds is 6. The molecule has 1 aliphatic rings. The lowest BCUT2D eigenvalue weighted by molar-refractivity contribution is 0.0794. The number of carbonyl (C=O) groups is 1. The lowest BCUT2D eigenvalue weighted by atomic mass is 10.0. The molecular formula is C21H26N2O4S. The number of benzene rings is 2. The van der Waals surface area contributed by atoms with Gasteiger partial charge >= 0.3 is 0 Å². The first-order valence-corrected chi connectivity index (χ1v) is 10.9. The first-order chi connectivity index (χ1) is 13.3. The van der Waals surface area contributed by atoms with Gasteiger partial charge in [0, 0.05) is 13.1 Å². The van der Waals surface area contributed by atoms with Crippen molar-refractivity contribution >= 4 is 21.6 Å². The van der Waals surface area contributed by atoms with Gasteiger partial charge in [-0.05, 0) is 54.7 Å². The minimum atomic E-state index is -3.85. The standard InChI is InChI=1S/C21H26N2O4S/c1-15(2)18-14-16(10-11-20(18)27-3)28(25,26)22-19-9-5-4-8-17(19)21(24)23-12-6-7-13-23/h4-5,8-11,14-15,22H,6-7,12-13H2,1-3H3. The fourth-order valence-electron chi connectivity index (χ4n) is 3.38. The van der Waals surface area contributed by atoms with Gasteiger partial charge in [-0.3, -0.25) is 9.52 Å². The average molecular weight is 403 g/mol. The van der Waals surface area contributed by atoms with Gasteiger partial charge in [-0.15, -0.1) is 0 Å². The number of likely N-dealkylation sites (tertiary alicyclic amines) is 1. The Morgan fingerprint density at radius 1 is 1.11 bits per heavy atom. The molecular weight excluding hydrogens is 376 g/mol. The molecule has 1 fully saturated rings. The smallest absolute Gasteiger partial charge is 0.261 e. The molecule has 0 atom stereocenters. The second-order valence-electron chi connectivity index (χ2n) is 7.21. The Balaban J connectivity index is 1.93. The molecule has 28 heavy (non-hydrogen) atoms. The van der Waals surface area contributed by atoms with Crippen molar-refractivity contribution in [3.8, 4) is 5.75 Å². The summed E-state index contributed by atoms with van der Waals surface area (Å²) in [5.41, 5.74) is 1.47. The summed E-state index contributed by atoms with van der Waals surface area (Å²) in [4.78, 5) is 14.7. The molecule has 1 heterocycles. The van der Waals surface area contributed by atoms with Crippen molar-refractivity contribution in [2.24, 2.45) is 0 Å². The van der Waals surface area contributed by atoms with Gasteiger partial charge < -0.3 is 9.64 Å². The number of carbonyl (C=O) groups excluding carboxylic acids is 1. The van der Waals surface area contributed by atoms with E-state index < -0.39 is 10.0 Å². The summed E-state index contributed by atoms with van der Waals surface area (Å²) in [6, 6.07) is 11.5. The Hall–Kier alpha value is -2.54. The number of anilines is 1. The maximum atomic E-state index is 13.0. The van der Waals surface area contributed by atoms with E-state index in [1.54, 1.807) is 48.4 Å². The quantitative estimate of drug-likeness (QED) is 0.796. The van der Waals surface area contributed by atoms with E-state index in [1.165, 1.54) is 6.07 Å². The van der Waals surface area contributed by atoms with Crippen LogP contribution in [-0.4, -0.2) is 39.4 Å². The Morgan fingerprint density at radius 3 is 2.43 bits per heavy atom. The van der Waals surface area contributed by atoms with E-state index in [0.717, 1.165) is 18.4 Å². The van der Waals surface area contributed by atoms with Gasteiger partial charge in [-0.25, -0.2) is 8.42 Å². The maximum Gasteiger partial charge on any atom is 0.261 e. The number of methoxy groups -OCH3 is 1. The largest absolute Gasteiger partial charge is 0.496 e. The molecule has 6 nitrogen and oxygen atoms in total. The van der Waals surface area contributed by atoms with Crippen molar-refractivity contribution in [2.75, 3.05) is 24.9 Å². The van der Waals surface area contributed by atoms with Crippen LogP contribution in [-0.2, 0) is 10.0 Å². The summed E-state index contributed by atoms with van der Waals surface area (Å²) >= 11 is 0. The van der Waals surface area contributed by atoms with Crippen LogP contribution in [0.3, 0.4) is 0 Å². The Morgan fingerprint density at radius 2 is 1.79 bits per heavy atom. The van der Waals surface area contributed by atoms with E-state index in [-0.39, 0.29) is 16.7 Å². The van der Waals surface area contributed by atoms with Crippen molar-refractivity contribution in [3.63, 3.8) is 0 Å². The van der Waals surface area contributed by atoms with Crippen LogP contribution in [0.4, 0.5) is 5.69 Å². The van der Waals surface area contributed by atoms with Gasteiger partial charge in [0.15, 0.2) is 0 Å². The van der Waals surface area contributed by atoms with Gasteiger partial charge in [0.2, 0.25) is 0 Å². The van der Waals surface area contributed by atoms with Crippen LogP contribution in [0.2, 0.25) is 0 Å². The van der Waals surface area contributed by atoms with Gasteiger partial charge in [-0.1, -0.05) is 26.0 Å². The number of ether oxygens (including phenoxy) is 1. The van der Waals surface area contributed by atoms with Crippen LogP contribution >= 0.6 is 0 Å². The molecule has 0 unspecified atom stereocenters. The predicted octanol–water partition coefficient (Wildman–Crippen LogP) is 3.86. The Kier molecular flexibility index (Phi) is 5.93. The molecule has 2 aromatic rings. The summed E-state index contributed by atoms with van der Waals surface area (Å²) in [5, 5.41) is 0. The first kappa shape index (κ1) is 20.2. The molecule has 1 amide bonds. The van der Waals surface area contributed by atoms with Crippen LogP contribution in [0.5, 0.6) is 5.75 Å². The topological polar surface area (TPSA) is 75.7 Å². The lowest BCUT2D eigenvalue weighted by Crippen LogP contribution is -2.28. The predicted molar refractivity (Wildman–Crippen MR) is 109 cm³/mol. The van der Waals surface area contributed by atoms with E-state index in [1.807, 2.05) is 13.8 Å². The molecule has 2 aromatic carbocycles. The highest BCUT2D eigenvalue weighted by atomic mass is 32.2. The maximum absolute atomic E-state index is 13.0. The van der Waals surface area contributed by atoms with Crippen molar-refractivity contribution in [1.29, 1.82) is 0 Å². The molecule has 1 saturated heterocycles. The molecule has 0 bridgehead atoms. The molecule has 150 valence electrons. The molecule has 0 aromatic heterocycles. The number of sulfonamides is 1. The van der Waals surface area contributed by atoms with Crippen molar-refractivity contribution in [3.05, 3.63) is 53.6 Å². The number of hydrogen-bond acceptors (Lipinski definition) is 4. The fourth-order valence-corrected chi connectivity index (χ4v) is 4.50. The number of nitrogens with zero attached hydrogens (tertiary/aromatic N) is 1. The number of hydrogen-bond donors (Lipinski definition) is 1. The van der Waals surface area contributed by atoms with Gasteiger partial charge in [0.05, 0.1) is 23.3 Å². The van der Waals surface area contributed by atoms with Crippen LogP contribution in [0, 0.1) is 0 Å². The monoisotopic (exact) mass is 402 g/mol. The highest BCUT2D eigenvalue weighted by Crippen LogP contribution is 2.30. The van der Waals surface area contributed by atoms with E-state index in [0.29, 0.717) is 30.1 Å². The van der Waals surface area contributed by atoms with Gasteiger partial charge in [0.1, 0.15) is 5.75 Å². The molecule has 0 saturated carbocycles. The molecule has 0 aliphatic carbocycles. The molecule has 0 radical (unpaired) electrons. The summed E-state index contributed by atoms with van der Waals surface area (Å²) in [6.45, 7) is 5.36. The summed E-state index contributed by atoms with van der Waals surface area (Å²) in [5.74, 6) is 0.612. The van der Waals surface area contributed by atoms with Gasteiger partial charge in [0.25, 0.3) is 15.9 Å². The van der Waals surface area contributed by atoms with E-state index in [2.05, 4.69) is 4.72 Å². The van der Waals surface area contributed by atoms with Crippen molar-refractivity contribution < 1.29 is 17.9 Å². The zero-order valence-electron chi connectivity index (χ0n) is 16.4. The Bertz CT molecular complexity index is 964. The third-order valence-corrected chi connectivity index (χ3v) is 6.29.